The Morgan fingerprint density at radius 2 is 1.36 bits per heavy atom. The second-order valence-corrected chi connectivity index (χ2v) is 20.6. The summed E-state index contributed by atoms with van der Waals surface area (Å²) in [6.45, 7) is 7.11. The van der Waals surface area contributed by atoms with Crippen LogP contribution in [-0.4, -0.2) is 18.4 Å². The number of fused-ring (bicyclic) bond motifs is 1. The summed E-state index contributed by atoms with van der Waals surface area (Å²) in [6.07, 6.45) is 12.5. The summed E-state index contributed by atoms with van der Waals surface area (Å²) in [5.41, 5.74) is 3.13. The molecule has 0 bridgehead atoms. The van der Waals surface area contributed by atoms with E-state index in [4.69, 9.17) is 0 Å². The molecule has 1 aromatic carbocycles. The van der Waals surface area contributed by atoms with Gasteiger partial charge < -0.3 is 0 Å². The second kappa shape index (κ2) is 9.15. The fourth-order valence-corrected chi connectivity index (χ4v) is 20.7. The van der Waals surface area contributed by atoms with Gasteiger partial charge >= 0.3 is 142 Å². The maximum absolute atomic E-state index is 2.63. The minimum absolute atomic E-state index is 1.30. The van der Waals surface area contributed by atoms with E-state index in [1.165, 1.54) is 50.5 Å². The Hall–Kier alpha value is -0.241. The van der Waals surface area contributed by atoms with Gasteiger partial charge in [0.05, 0.1) is 0 Å². The molecule has 0 atom stereocenters. The third kappa shape index (κ3) is 4.40. The Balaban J connectivity index is 2.25. The van der Waals surface area contributed by atoms with Gasteiger partial charge in [-0.25, -0.2) is 0 Å². The summed E-state index contributed by atoms with van der Waals surface area (Å²) in [4.78, 5) is 0. The van der Waals surface area contributed by atoms with Gasteiger partial charge in [-0.15, -0.1) is 0 Å². The normalized spacial score (nSPS) is 14.0. The molecule has 0 fully saturated rings. The fraction of sp³-hybridized carbons (Fsp3) is 0.619. The zero-order chi connectivity index (χ0) is 15.8. The van der Waals surface area contributed by atoms with Crippen molar-refractivity contribution in [2.24, 2.45) is 0 Å². The molecule has 0 N–H and O–H groups in total. The van der Waals surface area contributed by atoms with Crippen LogP contribution in [0.2, 0.25) is 13.3 Å². The van der Waals surface area contributed by atoms with Crippen LogP contribution in [0.5, 0.6) is 0 Å². The molecule has 0 saturated carbocycles. The van der Waals surface area contributed by atoms with Crippen LogP contribution in [0.25, 0.3) is 6.08 Å². The van der Waals surface area contributed by atoms with Crippen LogP contribution < -0.4 is 0 Å². The van der Waals surface area contributed by atoms with Crippen molar-refractivity contribution in [3.63, 3.8) is 0 Å². The zero-order valence-corrected chi connectivity index (χ0v) is 17.8. The van der Waals surface area contributed by atoms with Crippen LogP contribution in [0.1, 0.15) is 70.4 Å². The fourth-order valence-electron chi connectivity index (χ4n) is 4.02. The molecular weight excluding hydrogens is 371 g/mol. The van der Waals surface area contributed by atoms with E-state index in [1.54, 1.807) is 18.9 Å². The number of hydrogen-bond acceptors (Lipinski definition) is 0. The van der Waals surface area contributed by atoms with Crippen molar-refractivity contribution < 1.29 is 0 Å². The van der Waals surface area contributed by atoms with Gasteiger partial charge in [-0.1, -0.05) is 0 Å². The standard InChI is InChI=1S/C9H7.3C4H9.Sn/c1-2-5-9-7-3-6-8(9)4-1;3*1-3-4-2;/h1-2,4-6H,7H2;3*1,3-4H2,2H3;. The summed E-state index contributed by atoms with van der Waals surface area (Å²) in [5.74, 6) is 0. The Morgan fingerprint density at radius 1 is 0.818 bits per heavy atom. The van der Waals surface area contributed by atoms with Crippen molar-refractivity contribution in [3.05, 3.63) is 39.0 Å². The van der Waals surface area contributed by atoms with Gasteiger partial charge in [0.2, 0.25) is 0 Å². The molecule has 0 unspecified atom stereocenters. The van der Waals surface area contributed by atoms with E-state index in [0.29, 0.717) is 0 Å². The average Bonchev–Trinajstić information content (AvgIpc) is 2.99. The average molecular weight is 405 g/mol. The zero-order valence-electron chi connectivity index (χ0n) is 15.0. The Morgan fingerprint density at radius 3 is 1.86 bits per heavy atom. The third-order valence-corrected chi connectivity index (χ3v) is 21.5. The molecule has 1 aromatic rings. The van der Waals surface area contributed by atoms with Crippen LogP contribution in [0.4, 0.5) is 0 Å². The van der Waals surface area contributed by atoms with E-state index in [-0.39, 0.29) is 0 Å². The van der Waals surface area contributed by atoms with Crippen LogP contribution in [0.15, 0.2) is 27.9 Å². The first-order valence-corrected chi connectivity index (χ1v) is 17.0. The second-order valence-electron chi connectivity index (χ2n) is 7.14. The molecule has 1 aliphatic carbocycles. The molecule has 0 heterocycles. The predicted octanol–water partition coefficient (Wildman–Crippen LogP) is 7.01. The van der Waals surface area contributed by atoms with Crippen molar-refractivity contribution in [1.82, 2.24) is 0 Å². The molecule has 0 amide bonds. The minimum atomic E-state index is -2.15. The molecule has 0 aromatic heterocycles. The number of rotatable bonds is 10. The molecule has 0 saturated heterocycles. The molecule has 0 radical (unpaired) electrons. The number of unbranched alkanes of at least 4 members (excludes halogenated alkanes) is 3. The van der Waals surface area contributed by atoms with Crippen LogP contribution >= 0.6 is 0 Å². The van der Waals surface area contributed by atoms with Gasteiger partial charge in [0.1, 0.15) is 0 Å². The summed E-state index contributed by atoms with van der Waals surface area (Å²) < 4.78 is 6.76. The van der Waals surface area contributed by atoms with E-state index in [9.17, 15) is 0 Å². The molecule has 0 nitrogen and oxygen atoms in total. The Labute approximate surface area is 142 Å². The molecule has 0 aliphatic heterocycles. The molecule has 1 heteroatoms. The first-order chi connectivity index (χ1) is 10.8. The van der Waals surface area contributed by atoms with Gasteiger partial charge in [-0.05, 0) is 0 Å². The monoisotopic (exact) mass is 406 g/mol. The number of benzene rings is 1. The van der Waals surface area contributed by atoms with Crippen molar-refractivity contribution in [2.75, 3.05) is 0 Å². The van der Waals surface area contributed by atoms with E-state index >= 15 is 0 Å². The molecule has 0 spiro atoms. The van der Waals surface area contributed by atoms with Crippen molar-refractivity contribution in [2.45, 2.75) is 79.0 Å². The summed E-state index contributed by atoms with van der Waals surface area (Å²) in [5, 5.41) is 0. The summed E-state index contributed by atoms with van der Waals surface area (Å²) >= 11 is -2.15. The summed E-state index contributed by atoms with van der Waals surface area (Å²) in [6, 6.07) is 9.11. The number of allylic oxidation sites excluding steroid dienone is 1. The van der Waals surface area contributed by atoms with Crippen molar-refractivity contribution >= 4 is 24.5 Å². The first-order valence-electron chi connectivity index (χ1n) is 9.54. The van der Waals surface area contributed by atoms with Crippen LogP contribution in [-0.2, 0) is 6.42 Å². The van der Waals surface area contributed by atoms with E-state index < -0.39 is 18.4 Å². The quantitative estimate of drug-likeness (QED) is 0.367. The van der Waals surface area contributed by atoms with E-state index in [1.807, 2.05) is 3.59 Å². The molecule has 1 aliphatic rings. The van der Waals surface area contributed by atoms with Gasteiger partial charge in [0, 0.05) is 0 Å². The Kier molecular flexibility index (Phi) is 7.53. The van der Waals surface area contributed by atoms with Gasteiger partial charge in [-0.3, -0.25) is 0 Å². The molecule has 22 heavy (non-hydrogen) atoms. The number of hydrogen-bond donors (Lipinski definition) is 0. The molecule has 122 valence electrons. The van der Waals surface area contributed by atoms with Crippen molar-refractivity contribution in [3.8, 4) is 0 Å². The van der Waals surface area contributed by atoms with Crippen molar-refractivity contribution in [1.29, 1.82) is 0 Å². The maximum atomic E-state index is 2.63. The predicted molar refractivity (Wildman–Crippen MR) is 103 cm³/mol. The topological polar surface area (TPSA) is 0 Å². The molecular formula is C21H34Sn. The Bertz CT molecular complexity index is 465. The van der Waals surface area contributed by atoms with E-state index in [0.717, 1.165) is 0 Å². The van der Waals surface area contributed by atoms with E-state index in [2.05, 4.69) is 51.1 Å². The molecule has 2 rings (SSSR count). The van der Waals surface area contributed by atoms with Gasteiger partial charge in [0.15, 0.2) is 0 Å². The summed E-state index contributed by atoms with van der Waals surface area (Å²) in [7, 11) is 0. The SMILES string of the molecule is CCC[CH2][Sn]([CH2]CCC)([CH2]CCC)[C]1=Cc2ccccc2C1. The first kappa shape index (κ1) is 18.1. The van der Waals surface area contributed by atoms with Gasteiger partial charge in [-0.2, -0.15) is 0 Å². The van der Waals surface area contributed by atoms with Crippen LogP contribution in [0, 0.1) is 0 Å². The third-order valence-electron chi connectivity index (χ3n) is 5.47. The van der Waals surface area contributed by atoms with Gasteiger partial charge in [0.25, 0.3) is 0 Å². The van der Waals surface area contributed by atoms with Crippen LogP contribution in [0.3, 0.4) is 0 Å².